The van der Waals surface area contributed by atoms with Gasteiger partial charge in [0.15, 0.2) is 0 Å². The summed E-state index contributed by atoms with van der Waals surface area (Å²) in [7, 11) is 0. The van der Waals surface area contributed by atoms with E-state index in [4.69, 9.17) is 21.4 Å². The molecular weight excluding hydrogens is 639 g/mol. The standard InChI is InChI=1S/C15H11BrClF3N2O.C6H4N2O5.C4H5N/c1-2-23-8-22-13(9-3-5-10(17)6-4-9)11(7-21)12(16)14(22)15(18,19)20;9-5-3-1-2-4(7(10)11)6(5)8(12)13;1-2-4-5-3-1/h3-6H,2,8H2,1H3;1-3,9H;1-5H. The Morgan fingerprint density at radius 3 is 2.12 bits per heavy atom. The number of nitriles is 1. The Morgan fingerprint density at radius 1 is 1.10 bits per heavy atom. The molecule has 0 fully saturated rings. The van der Waals surface area contributed by atoms with Gasteiger partial charge in [-0.05, 0) is 58.7 Å². The predicted octanol–water partition coefficient (Wildman–Crippen LogP) is 7.68. The Labute approximate surface area is 243 Å². The van der Waals surface area contributed by atoms with E-state index in [1.807, 2.05) is 30.6 Å². The van der Waals surface area contributed by atoms with Gasteiger partial charge < -0.3 is 19.4 Å². The normalized spacial score (nSPS) is 10.5. The number of para-hydroxylation sites is 1. The summed E-state index contributed by atoms with van der Waals surface area (Å²) in [4.78, 5) is 21.5. The number of phenolic OH excluding ortho intramolecular Hbond substituents is 1. The molecule has 11 nitrogen and oxygen atoms in total. The number of hydrogen-bond acceptors (Lipinski definition) is 7. The number of aromatic hydroxyl groups is 1. The van der Waals surface area contributed by atoms with Crippen LogP contribution in [0.5, 0.6) is 5.75 Å². The number of H-pyrrole nitrogens is 1. The molecule has 0 saturated heterocycles. The molecule has 2 aromatic heterocycles. The van der Waals surface area contributed by atoms with Crippen LogP contribution in [0.15, 0.2) is 71.5 Å². The van der Waals surface area contributed by atoms with E-state index in [-0.39, 0.29) is 29.1 Å². The van der Waals surface area contributed by atoms with E-state index in [1.54, 1.807) is 31.2 Å². The van der Waals surface area contributed by atoms with Gasteiger partial charge in [0.1, 0.15) is 18.5 Å². The number of ether oxygens (including phenoxy) is 1. The van der Waals surface area contributed by atoms with Crippen molar-refractivity contribution >= 4 is 38.9 Å². The number of halogens is 5. The number of nitro groups is 2. The van der Waals surface area contributed by atoms with Crippen molar-refractivity contribution in [3.05, 3.63) is 108 Å². The van der Waals surface area contributed by atoms with Crippen molar-refractivity contribution in [1.29, 1.82) is 5.26 Å². The third-order valence-corrected chi connectivity index (χ3v) is 6.02. The van der Waals surface area contributed by atoms with Crippen LogP contribution in [0.25, 0.3) is 11.3 Å². The topological polar surface area (TPSA) is 160 Å². The van der Waals surface area contributed by atoms with E-state index >= 15 is 0 Å². The first-order chi connectivity index (χ1) is 19.3. The second-order valence-corrected chi connectivity index (χ2v) is 8.83. The maximum absolute atomic E-state index is 13.4. The number of nitro benzene ring substituents is 2. The lowest BCUT2D eigenvalue weighted by atomic mass is 10.1. The zero-order chi connectivity index (χ0) is 30.7. The molecule has 0 spiro atoms. The lowest BCUT2D eigenvalue weighted by molar-refractivity contribution is -0.423. The Hall–Kier alpha value is -4.39. The Balaban J connectivity index is 0.000000271. The summed E-state index contributed by atoms with van der Waals surface area (Å²) < 4.78 is 46.0. The maximum Gasteiger partial charge on any atom is 0.432 e. The monoisotopic (exact) mass is 657 g/mol. The molecule has 0 unspecified atom stereocenters. The van der Waals surface area contributed by atoms with Crippen LogP contribution in [0.3, 0.4) is 0 Å². The van der Waals surface area contributed by atoms with Gasteiger partial charge in [0.25, 0.3) is 0 Å². The smallest absolute Gasteiger partial charge is 0.432 e. The third-order valence-electron chi connectivity index (χ3n) is 5.00. The number of alkyl halides is 3. The average molecular weight is 659 g/mol. The highest BCUT2D eigenvalue weighted by atomic mass is 79.9. The van der Waals surface area contributed by atoms with E-state index in [9.17, 15) is 38.7 Å². The molecule has 2 aromatic carbocycles. The van der Waals surface area contributed by atoms with Gasteiger partial charge in [-0.1, -0.05) is 29.8 Å². The molecule has 2 heterocycles. The fourth-order valence-corrected chi connectivity index (χ4v) is 4.16. The van der Waals surface area contributed by atoms with E-state index < -0.39 is 38.8 Å². The van der Waals surface area contributed by atoms with Crippen LogP contribution in [0.2, 0.25) is 5.02 Å². The minimum Gasteiger partial charge on any atom is -0.502 e. The summed E-state index contributed by atoms with van der Waals surface area (Å²) in [5.41, 5.74) is -2.07. The van der Waals surface area contributed by atoms with Gasteiger partial charge >= 0.3 is 17.6 Å². The highest BCUT2D eigenvalue weighted by Gasteiger charge is 2.40. The van der Waals surface area contributed by atoms with Gasteiger partial charge in [0.2, 0.25) is 5.75 Å². The highest BCUT2D eigenvalue weighted by Crippen LogP contribution is 2.43. The van der Waals surface area contributed by atoms with Gasteiger partial charge in [0, 0.05) is 30.1 Å². The minimum absolute atomic E-state index is 0.0978. The molecule has 0 amide bonds. The molecule has 0 aliphatic rings. The zero-order valence-electron chi connectivity index (χ0n) is 20.9. The van der Waals surface area contributed by atoms with Crippen molar-refractivity contribution in [3.8, 4) is 23.1 Å². The second-order valence-electron chi connectivity index (χ2n) is 7.60. The lowest BCUT2D eigenvalue weighted by Gasteiger charge is -2.15. The Morgan fingerprint density at radius 2 is 1.71 bits per heavy atom. The van der Waals surface area contributed by atoms with Crippen LogP contribution in [0.4, 0.5) is 24.5 Å². The number of nitrogens with one attached hydrogen (secondary N) is 1. The van der Waals surface area contributed by atoms with Gasteiger partial charge in [-0.25, -0.2) is 0 Å². The summed E-state index contributed by atoms with van der Waals surface area (Å²) in [6, 6.07) is 15.1. The molecule has 216 valence electrons. The quantitative estimate of drug-likeness (QED) is 0.159. The maximum atomic E-state index is 13.4. The van der Waals surface area contributed by atoms with Gasteiger partial charge in [-0.15, -0.1) is 0 Å². The summed E-state index contributed by atoms with van der Waals surface area (Å²) >= 11 is 8.73. The summed E-state index contributed by atoms with van der Waals surface area (Å²) in [5.74, 6) is -0.709. The van der Waals surface area contributed by atoms with Crippen molar-refractivity contribution in [3.63, 3.8) is 0 Å². The zero-order valence-corrected chi connectivity index (χ0v) is 23.3. The SMILES string of the molecule is CCOCn1c(-c2ccc(Cl)cc2)c(C#N)c(Br)c1C(F)(F)F.O=[N+]([O-])c1cccc(O)c1[N+](=O)[O-].c1cc[nH]c1. The minimum atomic E-state index is -4.63. The van der Waals surface area contributed by atoms with Crippen molar-refractivity contribution < 1.29 is 32.9 Å². The van der Waals surface area contributed by atoms with E-state index in [0.717, 1.165) is 16.7 Å². The van der Waals surface area contributed by atoms with E-state index in [0.29, 0.717) is 10.6 Å². The Bertz CT molecular complexity index is 1500. The number of aromatic nitrogens is 2. The fraction of sp³-hybridized carbons (Fsp3) is 0.160. The van der Waals surface area contributed by atoms with E-state index in [2.05, 4.69) is 20.9 Å². The van der Waals surface area contributed by atoms with Crippen molar-refractivity contribution in [2.75, 3.05) is 6.61 Å². The number of rotatable bonds is 6. The molecule has 4 aromatic rings. The second kappa shape index (κ2) is 14.8. The van der Waals surface area contributed by atoms with Crippen LogP contribution in [-0.4, -0.2) is 31.1 Å². The van der Waals surface area contributed by atoms with Crippen molar-refractivity contribution in [1.82, 2.24) is 9.55 Å². The lowest BCUT2D eigenvalue weighted by Crippen LogP contribution is -2.16. The highest BCUT2D eigenvalue weighted by molar-refractivity contribution is 9.10. The van der Waals surface area contributed by atoms with Crippen LogP contribution in [0, 0.1) is 31.6 Å². The molecule has 16 heteroatoms. The van der Waals surface area contributed by atoms with Crippen molar-refractivity contribution in [2.45, 2.75) is 19.8 Å². The molecule has 0 radical (unpaired) electrons. The number of benzene rings is 2. The fourth-order valence-electron chi connectivity index (χ4n) is 3.32. The number of aromatic amines is 1. The van der Waals surface area contributed by atoms with Crippen LogP contribution < -0.4 is 0 Å². The van der Waals surface area contributed by atoms with E-state index in [1.165, 1.54) is 6.07 Å². The number of nitrogens with zero attached hydrogens (tertiary/aromatic N) is 4. The number of phenols is 1. The average Bonchev–Trinajstić information content (AvgIpc) is 3.58. The Kier molecular flexibility index (Phi) is 11.9. The first-order valence-electron chi connectivity index (χ1n) is 11.3. The molecule has 4 rings (SSSR count). The van der Waals surface area contributed by atoms with Gasteiger partial charge in [-0.2, -0.15) is 18.4 Å². The number of hydrogen-bond donors (Lipinski definition) is 2. The predicted molar refractivity (Wildman–Crippen MR) is 146 cm³/mol. The van der Waals surface area contributed by atoms with Crippen LogP contribution in [-0.2, 0) is 17.6 Å². The molecule has 0 aliphatic carbocycles. The molecule has 0 saturated carbocycles. The van der Waals surface area contributed by atoms with Gasteiger partial charge in [0.05, 0.1) is 25.6 Å². The van der Waals surface area contributed by atoms with Crippen LogP contribution >= 0.6 is 27.5 Å². The van der Waals surface area contributed by atoms with Crippen LogP contribution in [0.1, 0.15) is 18.2 Å². The largest absolute Gasteiger partial charge is 0.502 e. The first-order valence-corrected chi connectivity index (χ1v) is 12.4. The van der Waals surface area contributed by atoms with Crippen molar-refractivity contribution in [2.24, 2.45) is 0 Å². The molecule has 0 atom stereocenters. The molecule has 2 N–H and O–H groups in total. The summed E-state index contributed by atoms with van der Waals surface area (Å²) in [5, 5.41) is 39.3. The third kappa shape index (κ3) is 8.55. The molecule has 0 bridgehead atoms. The molecular formula is C25H20BrClF3N5O6. The molecule has 0 aliphatic heterocycles. The van der Waals surface area contributed by atoms with Gasteiger partial charge in [-0.3, -0.25) is 20.2 Å². The first kappa shape index (κ1) is 32.8. The summed E-state index contributed by atoms with van der Waals surface area (Å²) in [6.07, 6.45) is -0.883. The molecule has 41 heavy (non-hydrogen) atoms. The summed E-state index contributed by atoms with van der Waals surface area (Å²) in [6.45, 7) is 1.61.